The molecule has 0 amide bonds. The van der Waals surface area contributed by atoms with Gasteiger partial charge in [-0.1, -0.05) is 70.2 Å². The number of sulfonamides is 1. The van der Waals surface area contributed by atoms with E-state index in [2.05, 4.69) is 9.71 Å². The maximum absolute atomic E-state index is 12.6. The molecule has 3 aromatic rings. The monoisotopic (exact) mass is 486 g/mol. The summed E-state index contributed by atoms with van der Waals surface area (Å²) >= 11 is 24.4. The molecule has 4 nitrogen and oxygen atoms in total. The average molecular weight is 488 g/mol. The Bertz CT molecular complexity index is 1190. The molecule has 29 heavy (non-hydrogen) atoms. The molecule has 0 unspecified atom stereocenters. The van der Waals surface area contributed by atoms with Crippen molar-refractivity contribution < 1.29 is 8.42 Å². The molecule has 0 heterocycles. The van der Waals surface area contributed by atoms with Crippen LogP contribution in [0.2, 0.25) is 20.1 Å². The molecule has 0 aliphatic carbocycles. The van der Waals surface area contributed by atoms with Gasteiger partial charge in [0.25, 0.3) is 10.0 Å². The first-order chi connectivity index (χ1) is 13.7. The van der Waals surface area contributed by atoms with Gasteiger partial charge in [-0.3, -0.25) is 9.71 Å². The molecule has 0 saturated carbocycles. The van der Waals surface area contributed by atoms with Gasteiger partial charge >= 0.3 is 0 Å². The van der Waals surface area contributed by atoms with E-state index in [0.717, 1.165) is 5.56 Å². The highest BCUT2D eigenvalue weighted by atomic mass is 35.5. The minimum Gasteiger partial charge on any atom is -0.278 e. The van der Waals surface area contributed by atoms with Crippen LogP contribution >= 0.6 is 46.4 Å². The fourth-order valence-corrected chi connectivity index (χ4v) is 4.44. The van der Waals surface area contributed by atoms with Crippen LogP contribution in [0.15, 0.2) is 64.5 Å². The van der Waals surface area contributed by atoms with Gasteiger partial charge in [0.05, 0.1) is 31.3 Å². The number of benzene rings is 3. The number of nitrogens with one attached hydrogen (secondary N) is 1. The van der Waals surface area contributed by atoms with Crippen LogP contribution in [-0.2, 0) is 10.0 Å². The average Bonchev–Trinajstić information content (AvgIpc) is 2.64. The quantitative estimate of drug-likeness (QED) is 0.388. The van der Waals surface area contributed by atoms with Gasteiger partial charge in [0.2, 0.25) is 0 Å². The molecule has 9 heteroatoms. The minimum absolute atomic E-state index is 0.118. The molecule has 0 aliphatic rings. The number of aryl methyl sites for hydroxylation is 1. The summed E-state index contributed by atoms with van der Waals surface area (Å²) < 4.78 is 27.8. The van der Waals surface area contributed by atoms with Gasteiger partial charge in [0.1, 0.15) is 0 Å². The van der Waals surface area contributed by atoms with Crippen molar-refractivity contribution in [2.75, 3.05) is 4.72 Å². The Balaban J connectivity index is 1.93. The highest BCUT2D eigenvalue weighted by Crippen LogP contribution is 2.35. The fraction of sp³-hybridized carbons (Fsp3) is 0.0500. The molecule has 3 rings (SSSR count). The zero-order chi connectivity index (χ0) is 21.2. The van der Waals surface area contributed by atoms with Crippen molar-refractivity contribution in [2.45, 2.75) is 11.8 Å². The van der Waals surface area contributed by atoms with Gasteiger partial charge in [-0.15, -0.1) is 0 Å². The molecule has 0 spiro atoms. The van der Waals surface area contributed by atoms with Crippen molar-refractivity contribution in [2.24, 2.45) is 4.99 Å². The maximum Gasteiger partial charge on any atom is 0.261 e. The summed E-state index contributed by atoms with van der Waals surface area (Å²) in [6, 6.07) is 14.3. The molecule has 0 bridgehead atoms. The predicted molar refractivity (Wildman–Crippen MR) is 122 cm³/mol. The van der Waals surface area contributed by atoms with Gasteiger partial charge in [-0.25, -0.2) is 8.42 Å². The maximum atomic E-state index is 12.6. The first-order valence-corrected chi connectivity index (χ1v) is 11.2. The van der Waals surface area contributed by atoms with Crippen molar-refractivity contribution in [1.82, 2.24) is 0 Å². The van der Waals surface area contributed by atoms with Gasteiger partial charge < -0.3 is 0 Å². The summed E-state index contributed by atoms with van der Waals surface area (Å²) in [6.07, 6.45) is 1.51. The first-order valence-electron chi connectivity index (χ1n) is 8.23. The van der Waals surface area contributed by atoms with E-state index in [1.54, 1.807) is 30.3 Å². The fourth-order valence-electron chi connectivity index (χ4n) is 2.38. The lowest BCUT2D eigenvalue weighted by Gasteiger charge is -2.11. The number of nitrogens with zero attached hydrogens (tertiary/aromatic N) is 1. The van der Waals surface area contributed by atoms with Gasteiger partial charge in [-0.2, -0.15) is 0 Å². The van der Waals surface area contributed by atoms with Crippen molar-refractivity contribution in [3.05, 3.63) is 85.8 Å². The molecule has 0 atom stereocenters. The summed E-state index contributed by atoms with van der Waals surface area (Å²) in [5.74, 6) is 0. The summed E-state index contributed by atoms with van der Waals surface area (Å²) in [7, 11) is -3.83. The molecule has 0 fully saturated rings. The molecule has 3 aromatic carbocycles. The molecule has 0 aliphatic heterocycles. The van der Waals surface area contributed by atoms with E-state index < -0.39 is 10.0 Å². The molecule has 0 aromatic heterocycles. The zero-order valence-electron chi connectivity index (χ0n) is 15.0. The first kappa shape index (κ1) is 21.9. The number of rotatable bonds is 5. The third kappa shape index (κ3) is 5.44. The molecule has 1 N–H and O–H groups in total. The molecular weight excluding hydrogens is 474 g/mol. The second kappa shape index (κ2) is 8.94. The minimum atomic E-state index is -3.83. The summed E-state index contributed by atoms with van der Waals surface area (Å²) in [4.78, 5) is 4.42. The van der Waals surface area contributed by atoms with Gasteiger partial charge in [0.15, 0.2) is 0 Å². The number of anilines is 1. The van der Waals surface area contributed by atoms with E-state index in [1.807, 2.05) is 6.92 Å². The standard InChI is InChI=1S/C20H14Cl4N2O2S/c1-12-2-6-15(7-3-12)29(27,28)26-20-10-19(17(23)9-18(20)24)25-11-13-4-5-14(21)8-16(13)22/h2-11,26H,1H3. The Labute approximate surface area is 189 Å². The largest absolute Gasteiger partial charge is 0.278 e. The van der Waals surface area contributed by atoms with E-state index in [1.165, 1.54) is 30.5 Å². The SMILES string of the molecule is Cc1ccc(S(=O)(=O)Nc2cc(N=Cc3ccc(Cl)cc3Cl)c(Cl)cc2Cl)cc1. The Morgan fingerprint density at radius 1 is 0.862 bits per heavy atom. The number of aliphatic imine (C=N–C) groups is 1. The van der Waals surface area contributed by atoms with Crippen LogP contribution in [0.3, 0.4) is 0 Å². The van der Waals surface area contributed by atoms with Crippen LogP contribution in [0.1, 0.15) is 11.1 Å². The Morgan fingerprint density at radius 3 is 2.21 bits per heavy atom. The summed E-state index contributed by atoms with van der Waals surface area (Å²) in [5, 5.41) is 1.33. The predicted octanol–water partition coefficient (Wildman–Crippen LogP) is 7.16. The van der Waals surface area contributed by atoms with Crippen molar-refractivity contribution in [3.8, 4) is 0 Å². The van der Waals surface area contributed by atoms with Crippen LogP contribution in [0.25, 0.3) is 0 Å². The Morgan fingerprint density at radius 2 is 1.55 bits per heavy atom. The van der Waals surface area contributed by atoms with E-state index in [-0.39, 0.29) is 20.6 Å². The second-order valence-electron chi connectivity index (χ2n) is 6.13. The van der Waals surface area contributed by atoms with Crippen LogP contribution in [0.5, 0.6) is 0 Å². The smallest absolute Gasteiger partial charge is 0.261 e. The van der Waals surface area contributed by atoms with Crippen LogP contribution < -0.4 is 4.72 Å². The van der Waals surface area contributed by atoms with E-state index >= 15 is 0 Å². The number of hydrogen-bond donors (Lipinski definition) is 1. The summed E-state index contributed by atoms with van der Waals surface area (Å²) in [5.41, 5.74) is 2.06. The van der Waals surface area contributed by atoms with E-state index in [0.29, 0.717) is 21.3 Å². The van der Waals surface area contributed by atoms with E-state index in [4.69, 9.17) is 46.4 Å². The molecule has 0 saturated heterocycles. The highest BCUT2D eigenvalue weighted by Gasteiger charge is 2.17. The summed E-state index contributed by atoms with van der Waals surface area (Å²) in [6.45, 7) is 1.87. The number of hydrogen-bond acceptors (Lipinski definition) is 3. The normalized spacial score (nSPS) is 11.8. The van der Waals surface area contributed by atoms with Gasteiger partial charge in [0, 0.05) is 16.8 Å². The Hall–Kier alpha value is -1.76. The third-order valence-corrected chi connectivity index (χ3v) is 6.48. The molecular formula is C20H14Cl4N2O2S. The lowest BCUT2D eigenvalue weighted by atomic mass is 10.2. The number of halogens is 4. The van der Waals surface area contributed by atoms with Gasteiger partial charge in [-0.05, 0) is 43.3 Å². The van der Waals surface area contributed by atoms with Crippen molar-refractivity contribution >= 4 is 74.0 Å². The highest BCUT2D eigenvalue weighted by molar-refractivity contribution is 7.92. The second-order valence-corrected chi connectivity index (χ2v) is 9.47. The zero-order valence-corrected chi connectivity index (χ0v) is 18.8. The van der Waals surface area contributed by atoms with E-state index in [9.17, 15) is 8.42 Å². The molecule has 150 valence electrons. The van der Waals surface area contributed by atoms with Crippen LogP contribution in [0.4, 0.5) is 11.4 Å². The lowest BCUT2D eigenvalue weighted by molar-refractivity contribution is 0.601. The lowest BCUT2D eigenvalue weighted by Crippen LogP contribution is -2.13. The molecule has 0 radical (unpaired) electrons. The third-order valence-electron chi connectivity index (χ3n) is 3.92. The van der Waals surface area contributed by atoms with Crippen LogP contribution in [0, 0.1) is 6.92 Å². The van der Waals surface area contributed by atoms with Crippen molar-refractivity contribution in [1.29, 1.82) is 0 Å². The Kier molecular flexibility index (Phi) is 6.76. The van der Waals surface area contributed by atoms with Crippen LogP contribution in [-0.4, -0.2) is 14.6 Å². The van der Waals surface area contributed by atoms with Crippen molar-refractivity contribution in [3.63, 3.8) is 0 Å². The topological polar surface area (TPSA) is 58.5 Å².